The highest BCUT2D eigenvalue weighted by molar-refractivity contribution is 5.89. The van der Waals surface area contributed by atoms with E-state index in [1.165, 1.54) is 24.3 Å². The Morgan fingerprint density at radius 1 is 1.05 bits per heavy atom. The molecule has 6 heteroatoms. The van der Waals surface area contributed by atoms with Crippen LogP contribution >= 0.6 is 0 Å². The van der Waals surface area contributed by atoms with E-state index in [1.807, 2.05) is 6.07 Å². The highest BCUT2D eigenvalue weighted by Crippen LogP contribution is 2.27. The molecule has 0 heterocycles. The smallest absolute Gasteiger partial charge is 0.319 e. The maximum atomic E-state index is 12.8. The molecule has 0 aliphatic heterocycles. The molecule has 0 atom stereocenters. The maximum Gasteiger partial charge on any atom is 0.319 e. The third-order valence-corrected chi connectivity index (χ3v) is 3.00. The van der Waals surface area contributed by atoms with E-state index in [2.05, 4.69) is 10.6 Å². The monoisotopic (exact) mass is 304 g/mol. The Hall–Kier alpha value is -2.76. The zero-order valence-corrected chi connectivity index (χ0v) is 12.4. The fraction of sp³-hybridized carbons (Fsp3) is 0.188. The third kappa shape index (κ3) is 4.12. The summed E-state index contributed by atoms with van der Waals surface area (Å²) in [7, 11) is 3.11. The summed E-state index contributed by atoms with van der Waals surface area (Å²) in [5.41, 5.74) is 1.39. The lowest BCUT2D eigenvalue weighted by Crippen LogP contribution is -2.28. The summed E-state index contributed by atoms with van der Waals surface area (Å²) in [6, 6.07) is 10.6. The van der Waals surface area contributed by atoms with Crippen LogP contribution in [0.25, 0.3) is 0 Å². The predicted octanol–water partition coefficient (Wildman–Crippen LogP) is 3.16. The number of benzene rings is 2. The molecule has 0 spiro atoms. The van der Waals surface area contributed by atoms with Crippen LogP contribution in [-0.2, 0) is 6.54 Å². The number of methoxy groups -OCH3 is 2. The van der Waals surface area contributed by atoms with Gasteiger partial charge >= 0.3 is 6.03 Å². The topological polar surface area (TPSA) is 59.6 Å². The van der Waals surface area contributed by atoms with Crippen molar-refractivity contribution in [1.82, 2.24) is 5.32 Å². The molecule has 0 aliphatic carbocycles. The summed E-state index contributed by atoms with van der Waals surface area (Å²) in [6.07, 6.45) is 0. The second-order valence-electron chi connectivity index (χ2n) is 4.50. The second-order valence-corrected chi connectivity index (χ2v) is 4.50. The first kappa shape index (κ1) is 15.6. The normalized spacial score (nSPS) is 9.95. The van der Waals surface area contributed by atoms with Gasteiger partial charge in [0.1, 0.15) is 5.82 Å². The number of carbonyl (C=O) groups is 1. The Bertz CT molecular complexity index is 644. The van der Waals surface area contributed by atoms with Crippen LogP contribution in [0.15, 0.2) is 42.5 Å². The molecule has 0 saturated heterocycles. The first-order chi connectivity index (χ1) is 10.6. The van der Waals surface area contributed by atoms with Crippen LogP contribution in [0, 0.1) is 5.82 Å². The predicted molar refractivity (Wildman–Crippen MR) is 81.8 cm³/mol. The summed E-state index contributed by atoms with van der Waals surface area (Å²) in [5.74, 6) is 0.874. The number of hydrogen-bond donors (Lipinski definition) is 2. The highest BCUT2D eigenvalue weighted by atomic mass is 19.1. The van der Waals surface area contributed by atoms with Crippen LogP contribution in [-0.4, -0.2) is 20.3 Å². The Kier molecular flexibility index (Phi) is 5.19. The van der Waals surface area contributed by atoms with Crippen molar-refractivity contribution in [2.24, 2.45) is 0 Å². The van der Waals surface area contributed by atoms with E-state index in [4.69, 9.17) is 9.47 Å². The molecule has 2 aromatic rings. The fourth-order valence-electron chi connectivity index (χ4n) is 1.88. The number of rotatable bonds is 5. The zero-order chi connectivity index (χ0) is 15.9. The molecular weight excluding hydrogens is 287 g/mol. The van der Waals surface area contributed by atoms with Crippen molar-refractivity contribution in [3.8, 4) is 11.5 Å². The minimum Gasteiger partial charge on any atom is -0.493 e. The minimum absolute atomic E-state index is 0.327. The average Bonchev–Trinajstić information content (AvgIpc) is 2.54. The van der Waals surface area contributed by atoms with E-state index < -0.39 is 0 Å². The molecule has 0 radical (unpaired) electrons. The largest absolute Gasteiger partial charge is 0.493 e. The number of amides is 2. The first-order valence-corrected chi connectivity index (χ1v) is 6.63. The van der Waals surface area contributed by atoms with E-state index in [9.17, 15) is 9.18 Å². The molecule has 0 aromatic heterocycles. The van der Waals surface area contributed by atoms with E-state index in [1.54, 1.807) is 26.4 Å². The lowest BCUT2D eigenvalue weighted by molar-refractivity contribution is 0.251. The van der Waals surface area contributed by atoms with Gasteiger partial charge in [-0.3, -0.25) is 0 Å². The highest BCUT2D eigenvalue weighted by Gasteiger charge is 2.06. The fourth-order valence-corrected chi connectivity index (χ4v) is 1.88. The van der Waals surface area contributed by atoms with E-state index in [0.29, 0.717) is 23.7 Å². The number of halogens is 1. The summed E-state index contributed by atoms with van der Waals surface area (Å²) in [4.78, 5) is 11.8. The number of carbonyl (C=O) groups excluding carboxylic acids is 1. The summed E-state index contributed by atoms with van der Waals surface area (Å²) >= 11 is 0. The molecule has 0 aliphatic rings. The number of anilines is 1. The number of urea groups is 1. The summed E-state index contributed by atoms with van der Waals surface area (Å²) in [5, 5.41) is 5.33. The third-order valence-electron chi connectivity index (χ3n) is 3.00. The molecule has 0 bridgehead atoms. The molecule has 0 saturated carbocycles. The number of ether oxygens (including phenoxy) is 2. The Balaban J connectivity index is 1.92. The molecule has 22 heavy (non-hydrogen) atoms. The quantitative estimate of drug-likeness (QED) is 0.892. The van der Waals surface area contributed by atoms with Crippen molar-refractivity contribution in [2.75, 3.05) is 19.5 Å². The van der Waals surface area contributed by atoms with Gasteiger partial charge in [0, 0.05) is 12.2 Å². The van der Waals surface area contributed by atoms with E-state index >= 15 is 0 Å². The van der Waals surface area contributed by atoms with E-state index in [-0.39, 0.29) is 11.8 Å². The molecule has 0 fully saturated rings. The number of hydrogen-bond acceptors (Lipinski definition) is 3. The van der Waals surface area contributed by atoms with Gasteiger partial charge in [0.25, 0.3) is 0 Å². The second kappa shape index (κ2) is 7.31. The molecule has 2 aromatic carbocycles. The van der Waals surface area contributed by atoms with Gasteiger partial charge in [0.05, 0.1) is 14.2 Å². The van der Waals surface area contributed by atoms with Gasteiger partial charge in [0.15, 0.2) is 11.5 Å². The minimum atomic E-state index is -0.374. The molecule has 2 amide bonds. The van der Waals surface area contributed by atoms with Crippen molar-refractivity contribution in [1.29, 1.82) is 0 Å². The molecule has 5 nitrogen and oxygen atoms in total. The van der Waals surface area contributed by atoms with Crippen molar-refractivity contribution >= 4 is 11.7 Å². The van der Waals surface area contributed by atoms with Crippen molar-refractivity contribution in [3.63, 3.8) is 0 Å². The van der Waals surface area contributed by atoms with Crippen molar-refractivity contribution < 1.29 is 18.7 Å². The molecule has 0 unspecified atom stereocenters. The SMILES string of the molecule is COc1ccc(CNC(=O)Nc2ccc(F)cc2)cc1OC. The Labute approximate surface area is 128 Å². The van der Waals surface area contributed by atoms with Gasteiger partial charge in [-0.1, -0.05) is 6.07 Å². The van der Waals surface area contributed by atoms with Crippen LogP contribution in [0.4, 0.5) is 14.9 Å². The van der Waals surface area contributed by atoms with Gasteiger partial charge in [-0.15, -0.1) is 0 Å². The maximum absolute atomic E-state index is 12.8. The van der Waals surface area contributed by atoms with Crippen LogP contribution in [0.1, 0.15) is 5.56 Å². The van der Waals surface area contributed by atoms with Crippen LogP contribution in [0.2, 0.25) is 0 Å². The van der Waals surface area contributed by atoms with Gasteiger partial charge in [0.2, 0.25) is 0 Å². The standard InChI is InChI=1S/C16H17FN2O3/c1-21-14-8-3-11(9-15(14)22-2)10-18-16(20)19-13-6-4-12(17)5-7-13/h3-9H,10H2,1-2H3,(H2,18,19,20). The first-order valence-electron chi connectivity index (χ1n) is 6.63. The average molecular weight is 304 g/mol. The molecule has 116 valence electrons. The van der Waals surface area contributed by atoms with Gasteiger partial charge in [-0.25, -0.2) is 9.18 Å². The molecule has 2 N–H and O–H groups in total. The molecule has 2 rings (SSSR count). The van der Waals surface area contributed by atoms with Gasteiger partial charge in [-0.05, 0) is 42.0 Å². The molecular formula is C16H17FN2O3. The summed E-state index contributed by atoms with van der Waals surface area (Å²) < 4.78 is 23.1. The van der Waals surface area contributed by atoms with Crippen LogP contribution in [0.3, 0.4) is 0 Å². The lowest BCUT2D eigenvalue weighted by atomic mass is 10.2. The van der Waals surface area contributed by atoms with Gasteiger partial charge in [-0.2, -0.15) is 0 Å². The van der Waals surface area contributed by atoms with Crippen molar-refractivity contribution in [2.45, 2.75) is 6.54 Å². The lowest BCUT2D eigenvalue weighted by Gasteiger charge is -2.11. The summed E-state index contributed by atoms with van der Waals surface area (Å²) in [6.45, 7) is 0.327. The Morgan fingerprint density at radius 2 is 1.73 bits per heavy atom. The zero-order valence-electron chi connectivity index (χ0n) is 12.4. The van der Waals surface area contributed by atoms with Gasteiger partial charge < -0.3 is 20.1 Å². The van der Waals surface area contributed by atoms with Crippen LogP contribution < -0.4 is 20.1 Å². The number of nitrogens with one attached hydrogen (secondary N) is 2. The Morgan fingerprint density at radius 3 is 2.36 bits per heavy atom. The van der Waals surface area contributed by atoms with Crippen LogP contribution in [0.5, 0.6) is 11.5 Å². The van der Waals surface area contributed by atoms with Crippen molar-refractivity contribution in [3.05, 3.63) is 53.8 Å². The van der Waals surface area contributed by atoms with E-state index in [0.717, 1.165) is 5.56 Å².